The summed E-state index contributed by atoms with van der Waals surface area (Å²) in [5, 5.41) is 27.3. The number of aromatic amines is 6. The number of hydrogen-bond acceptors (Lipinski definition) is 15. The van der Waals surface area contributed by atoms with Crippen molar-refractivity contribution in [2.75, 3.05) is 106 Å². The number of H-pyrrole nitrogens is 6. The molecule has 27 nitrogen and oxygen atoms in total. The highest BCUT2D eigenvalue weighted by Gasteiger charge is 2.37. The lowest BCUT2D eigenvalue weighted by molar-refractivity contribution is -0.117. The van der Waals surface area contributed by atoms with Crippen molar-refractivity contribution in [3.05, 3.63) is 317 Å². The van der Waals surface area contributed by atoms with Crippen LogP contribution < -0.4 is 29.4 Å². The van der Waals surface area contributed by atoms with Crippen LogP contribution in [0.5, 0.6) is 5.75 Å². The Morgan fingerprint density at radius 1 is 0.426 bits per heavy atom. The van der Waals surface area contributed by atoms with E-state index in [0.29, 0.717) is 35.1 Å². The molecule has 12 heterocycles. The van der Waals surface area contributed by atoms with Crippen molar-refractivity contribution in [2.45, 2.75) is 101 Å². The number of aromatic nitrogens is 7. The van der Waals surface area contributed by atoms with Gasteiger partial charge in [0, 0.05) is 164 Å². The van der Waals surface area contributed by atoms with E-state index < -0.39 is 10.6 Å². The molecule has 0 fully saturated rings. The van der Waals surface area contributed by atoms with Gasteiger partial charge in [-0.3, -0.25) is 28.8 Å². The minimum absolute atomic E-state index is 0.00622. The minimum atomic E-state index is -3.11. The Hall–Kier alpha value is -15.4. The molecule has 7 aromatic carbocycles. The first-order chi connectivity index (χ1) is 64.9. The Kier molecular flexibility index (Phi) is 31.9. The maximum atomic E-state index is 13.1. The van der Waals surface area contributed by atoms with Crippen molar-refractivity contribution >= 4 is 167 Å². The number of aromatic hydroxyl groups is 1. The molecule has 0 spiro atoms. The lowest BCUT2D eigenvalue weighted by atomic mass is 9.96. The molecule has 28 heteroatoms. The molecular weight excluding hydrogens is 1730 g/mol. The molecule has 6 aliphatic rings. The highest BCUT2D eigenvalue weighted by atomic mass is 32.2. The van der Waals surface area contributed by atoms with Gasteiger partial charge >= 0.3 is 10.6 Å². The fraction of sp³-hybridized carbons (Fsp3) is 0.241. The number of imidazole rings is 1. The van der Waals surface area contributed by atoms with Crippen LogP contribution in [-0.2, 0) is 63.4 Å². The van der Waals surface area contributed by atoms with E-state index in [1.54, 1.807) is 88.2 Å². The van der Waals surface area contributed by atoms with Crippen LogP contribution in [0.15, 0.2) is 182 Å². The Morgan fingerprint density at radius 3 is 1.30 bits per heavy atom. The first kappa shape index (κ1) is 99.6. The number of likely N-dealkylation sites (N-methyl/N-ethyl adjacent to an activating group) is 6. The Balaban J connectivity index is 0.000000146. The Labute approximate surface area is 793 Å². The predicted octanol–water partition coefficient (Wildman–Crippen LogP) is 17.4. The van der Waals surface area contributed by atoms with Crippen molar-refractivity contribution in [3.8, 4) is 5.75 Å². The topological polar surface area (TPSA) is 362 Å². The standard InChI is InChI=1S/C25H29N3O2.C20H22N2O2.C16H16N2O2.2C16H16N2O.C14H13N3O.CH4O.O3S/c1-27(2)14-7-10-19-18-9-4-5-11-21(18)26-22(19)16-20-24-17(13-15-29)8-6-12-23(24)28(3)25(20)30;1-12(23)9-10-15-13(2)18(21-14(15)3)11-17-16-7-5-6-8-19(16)22(4)20(17)24;1-9-6-10(2)17-14(9)8-13-12-5-4-11(19)7-15(12)18(3)16(13)20;2*1-10-8-11(2)17-14(10)9-13-12-6-4-5-7-15(12)18(3)16(13)19;1-9-3-4-13-11(5-9)12(14(18)17(13)2)6-10-7-15-8-16-10;1-2;1-4(2)3/h4-6,8-9,11-12,16,26,29H,7,10,13-15H2,1-3H3;5-8,11,21H,9-10H2,1-4H3;4-8,17,19H,1-3H3;2*4-9,17H,1-3H3;3-8H,1-2H3,(H,15,16);2H,1H3;/b20-16-;17-11-;13-8-;2*13-9-;12-6-;;. The van der Waals surface area contributed by atoms with Crippen LogP contribution in [0.1, 0.15) is 155 Å². The molecule has 136 heavy (non-hydrogen) atoms. The monoisotopic (exact) mass is 1850 g/mol. The van der Waals surface area contributed by atoms with Crippen molar-refractivity contribution in [1.82, 2.24) is 39.8 Å². The number of carbonyl (C=O) groups excluding carboxylic acids is 7. The SMILES string of the molecule is CC(=O)CCc1c(C)[nH]c(/C=C2\C(=O)N(C)c3ccccc32)c1C.CN(C)CCCc1c(/C=C2\C(=O)N(C)c3cccc(CCO)c32)[nH]c2ccccc12.CO.Cc1cc(C)c(/C=C2\C(=O)N(C)c3cc(O)ccc32)[nH]1.Cc1cc(C)c(/C=C2\C(=O)N(C)c3ccccc32)[nH]1.Cc1cc(C)c(/C=C2\C(=O)N(C)c3ccccc32)[nH]1.Cc1ccc2c(c1)/C(=C/c1cnc[nH]1)C(=O)N2C.O=S(=O)=O. The van der Waals surface area contributed by atoms with Crippen LogP contribution in [-0.4, -0.2) is 186 Å². The molecule has 702 valence electrons. The summed E-state index contributed by atoms with van der Waals surface area (Å²) in [5.74, 6) is 0.414. The smallest absolute Gasteiger partial charge is 0.425 e. The lowest BCUT2D eigenvalue weighted by Crippen LogP contribution is -2.20. The highest BCUT2D eigenvalue weighted by molar-refractivity contribution is 7.59. The summed E-state index contributed by atoms with van der Waals surface area (Å²) < 4.78 is 25.3. The lowest BCUT2D eigenvalue weighted by Gasteiger charge is -2.10. The van der Waals surface area contributed by atoms with Gasteiger partial charge in [-0.15, -0.1) is 12.6 Å². The van der Waals surface area contributed by atoms with E-state index in [-0.39, 0.29) is 53.6 Å². The average Bonchev–Trinajstić information content (AvgIpc) is 1.62. The van der Waals surface area contributed by atoms with Gasteiger partial charge in [0.05, 0.1) is 85.8 Å². The van der Waals surface area contributed by atoms with Crippen molar-refractivity contribution < 1.29 is 61.5 Å². The number of anilines is 6. The second-order valence-electron chi connectivity index (χ2n) is 34.4. The highest BCUT2D eigenvalue weighted by Crippen LogP contribution is 2.45. The number of carbonyl (C=O) groups is 7. The number of phenolic OH excluding ortho intramolecular Hbond substituents is 1. The van der Waals surface area contributed by atoms with Gasteiger partial charge in [-0.1, -0.05) is 96.6 Å². The second-order valence-corrected chi connectivity index (χ2v) is 34.8. The number of rotatable bonds is 15. The zero-order chi connectivity index (χ0) is 98.5. The number of amides is 6. The molecule has 13 aromatic rings. The molecule has 6 aliphatic heterocycles. The third kappa shape index (κ3) is 21.9. The molecule has 6 amide bonds. The van der Waals surface area contributed by atoms with Gasteiger partial charge in [-0.25, -0.2) is 4.98 Å². The first-order valence-corrected chi connectivity index (χ1v) is 45.5. The maximum Gasteiger partial charge on any atom is 0.425 e. The summed E-state index contributed by atoms with van der Waals surface area (Å²) in [6, 6.07) is 55.1. The minimum Gasteiger partial charge on any atom is -0.508 e. The molecule has 0 radical (unpaired) electrons. The number of nitrogens with one attached hydrogen (secondary N) is 6. The molecule has 0 saturated carbocycles. The van der Waals surface area contributed by atoms with Crippen LogP contribution in [0.3, 0.4) is 0 Å². The third-order valence-electron chi connectivity index (χ3n) is 24.5. The van der Waals surface area contributed by atoms with E-state index >= 15 is 0 Å². The fourth-order valence-electron chi connectivity index (χ4n) is 17.7. The summed E-state index contributed by atoms with van der Waals surface area (Å²) >= 11 is 0. The molecule has 0 saturated heterocycles. The van der Waals surface area contributed by atoms with E-state index in [4.69, 9.17) is 17.7 Å². The first-order valence-electron chi connectivity index (χ1n) is 44.5. The summed E-state index contributed by atoms with van der Waals surface area (Å²) in [6.45, 7) is 20.9. The molecule has 0 atom stereocenters. The van der Waals surface area contributed by atoms with Crippen LogP contribution >= 0.6 is 0 Å². The zero-order valence-electron chi connectivity index (χ0n) is 80.1. The number of aryl methyl sites for hydroxylation is 9. The number of phenols is 1. The van der Waals surface area contributed by atoms with Crippen LogP contribution in [0.2, 0.25) is 0 Å². The second kappa shape index (κ2) is 43.6. The number of nitrogens with zero attached hydrogens (tertiary/aromatic N) is 8. The Morgan fingerprint density at radius 2 is 0.846 bits per heavy atom. The average molecular weight is 1850 g/mol. The molecule has 0 unspecified atom stereocenters. The quantitative estimate of drug-likeness (QED) is 0.0431. The molecule has 19 rings (SSSR count). The van der Waals surface area contributed by atoms with E-state index in [2.05, 4.69) is 84.2 Å². The molecule has 9 N–H and O–H groups in total. The van der Waals surface area contributed by atoms with Gasteiger partial charge in [0.15, 0.2) is 0 Å². The third-order valence-corrected chi connectivity index (χ3v) is 24.5. The van der Waals surface area contributed by atoms with Gasteiger partial charge < -0.3 is 84.3 Å². The van der Waals surface area contributed by atoms with Crippen LogP contribution in [0.25, 0.3) is 80.8 Å². The van der Waals surface area contributed by atoms with Crippen LogP contribution in [0.4, 0.5) is 34.1 Å². The largest absolute Gasteiger partial charge is 0.508 e. The maximum absolute atomic E-state index is 13.1. The summed E-state index contributed by atoms with van der Waals surface area (Å²) in [6.07, 6.45) is 18.7. The van der Waals surface area contributed by atoms with E-state index in [0.717, 1.165) is 207 Å². The summed E-state index contributed by atoms with van der Waals surface area (Å²) in [5.41, 5.74) is 35.7. The van der Waals surface area contributed by atoms with E-state index in [1.807, 2.05) is 241 Å². The van der Waals surface area contributed by atoms with Gasteiger partial charge in [0.2, 0.25) is 0 Å². The number of fused-ring (bicyclic) bond motifs is 7. The molecule has 0 bridgehead atoms. The molecular formula is C108H116N14O13S. The molecule has 0 aliphatic carbocycles. The summed E-state index contributed by atoms with van der Waals surface area (Å²) in [4.78, 5) is 122. The number of aliphatic hydroxyl groups excluding tert-OH is 2. The number of aliphatic hydroxyl groups is 2. The van der Waals surface area contributed by atoms with Crippen LogP contribution in [0, 0.1) is 62.3 Å². The van der Waals surface area contributed by atoms with E-state index in [9.17, 15) is 43.8 Å². The number of Topliss-reactive ketones (excluding diaryl/α,β-unsaturated/α-hetero) is 1. The zero-order valence-corrected chi connectivity index (χ0v) is 81.0. The van der Waals surface area contributed by atoms with Crippen molar-refractivity contribution in [2.24, 2.45) is 0 Å². The predicted molar refractivity (Wildman–Crippen MR) is 545 cm³/mol. The van der Waals surface area contributed by atoms with Gasteiger partial charge in [-0.2, -0.15) is 0 Å². The fourth-order valence-corrected chi connectivity index (χ4v) is 17.7. The number of para-hydroxylation sites is 4. The number of ketones is 1. The molecule has 6 aromatic heterocycles. The normalized spacial score (nSPS) is 15.3. The van der Waals surface area contributed by atoms with Gasteiger partial charge in [-0.05, 0) is 264 Å². The van der Waals surface area contributed by atoms with Crippen molar-refractivity contribution in [3.63, 3.8) is 0 Å². The van der Waals surface area contributed by atoms with Crippen molar-refractivity contribution in [1.29, 1.82) is 0 Å². The van der Waals surface area contributed by atoms with Gasteiger partial charge in [0.1, 0.15) is 11.5 Å². The van der Waals surface area contributed by atoms with E-state index in [1.165, 1.54) is 16.5 Å². The number of hydrogen-bond donors (Lipinski definition) is 9. The number of benzene rings is 7. The Bertz CT molecular complexity index is 6970. The van der Waals surface area contributed by atoms with Gasteiger partial charge in [0.25, 0.3) is 35.4 Å². The summed E-state index contributed by atoms with van der Waals surface area (Å²) in [7, 11) is 12.8.